The molecule has 3 heteroatoms. The van der Waals surface area contributed by atoms with Gasteiger partial charge in [-0.05, 0) is 55.6 Å². The molecule has 0 saturated heterocycles. The molecule has 0 bridgehead atoms. The Kier molecular flexibility index (Phi) is 2.88. The molecule has 22 heavy (non-hydrogen) atoms. The minimum Gasteiger partial charge on any atom is -0.392 e. The van der Waals surface area contributed by atoms with Crippen LogP contribution in [0.15, 0.2) is 23.8 Å². The van der Waals surface area contributed by atoms with Crippen LogP contribution in [0.25, 0.3) is 0 Å². The summed E-state index contributed by atoms with van der Waals surface area (Å²) in [5.74, 6) is 1.26. The minimum absolute atomic E-state index is 0.0369. The predicted octanol–water partition coefficient (Wildman–Crippen LogP) is 2.83. The summed E-state index contributed by atoms with van der Waals surface area (Å²) in [5.41, 5.74) is 0.736. The van der Waals surface area contributed by atoms with Crippen molar-refractivity contribution in [1.29, 1.82) is 0 Å². The molecule has 0 aliphatic heterocycles. The first-order valence-electron chi connectivity index (χ1n) is 8.52. The zero-order valence-electron chi connectivity index (χ0n) is 13.3. The van der Waals surface area contributed by atoms with Crippen LogP contribution in [0.2, 0.25) is 0 Å². The molecule has 0 unspecified atom stereocenters. The van der Waals surface area contributed by atoms with Gasteiger partial charge in [0.1, 0.15) is 5.78 Å². The summed E-state index contributed by atoms with van der Waals surface area (Å²) in [5, 5.41) is 10.8. The number of aliphatic hydroxyl groups excluding tert-OH is 1. The maximum atomic E-state index is 12.4. The lowest BCUT2D eigenvalue weighted by Crippen LogP contribution is -2.54. The van der Waals surface area contributed by atoms with Crippen LogP contribution < -0.4 is 0 Å². The number of rotatable bonds is 0. The molecule has 118 valence electrons. The molecule has 4 aliphatic carbocycles. The Morgan fingerprint density at radius 1 is 1.18 bits per heavy atom. The van der Waals surface area contributed by atoms with E-state index in [0.717, 1.165) is 24.8 Å². The van der Waals surface area contributed by atoms with Crippen molar-refractivity contribution in [3.05, 3.63) is 23.8 Å². The van der Waals surface area contributed by atoms with Crippen molar-refractivity contribution in [3.63, 3.8) is 0 Å². The van der Waals surface area contributed by atoms with Gasteiger partial charge >= 0.3 is 0 Å². The summed E-state index contributed by atoms with van der Waals surface area (Å²) < 4.78 is 0. The average molecular weight is 300 g/mol. The lowest BCUT2D eigenvalue weighted by atomic mass is 9.48. The number of Topliss-reactive ketones (excluding diaryl/α,β-unsaturated/α-hetero) is 1. The Balaban J connectivity index is 1.77. The number of hydrogen-bond donors (Lipinski definition) is 1. The largest absolute Gasteiger partial charge is 0.392 e. The number of aliphatic hydroxyl groups is 1. The second kappa shape index (κ2) is 4.41. The van der Waals surface area contributed by atoms with Crippen LogP contribution in [0.3, 0.4) is 0 Å². The van der Waals surface area contributed by atoms with Crippen LogP contribution in [-0.4, -0.2) is 22.8 Å². The predicted molar refractivity (Wildman–Crippen MR) is 83.0 cm³/mol. The fourth-order valence-electron chi connectivity index (χ4n) is 5.94. The average Bonchev–Trinajstić information content (AvgIpc) is 2.77. The SMILES string of the molecule is C[C@]12C=CC(=O)C=C1C[C@@H](O)[C@@H]1[C@@H]2CC[C@]2(C)C(=O)CC[C@@H]12. The van der Waals surface area contributed by atoms with Crippen LogP contribution in [0.4, 0.5) is 0 Å². The van der Waals surface area contributed by atoms with Crippen molar-refractivity contribution in [2.45, 2.75) is 52.1 Å². The zero-order valence-corrected chi connectivity index (χ0v) is 13.3. The number of carbonyl (C=O) groups is 2. The highest BCUT2D eigenvalue weighted by Gasteiger charge is 2.60. The third-order valence-corrected chi connectivity index (χ3v) is 7.29. The molecule has 3 saturated carbocycles. The molecule has 0 spiro atoms. The van der Waals surface area contributed by atoms with Gasteiger partial charge in [-0.2, -0.15) is 0 Å². The lowest BCUT2D eigenvalue weighted by molar-refractivity contribution is -0.136. The van der Waals surface area contributed by atoms with Gasteiger partial charge < -0.3 is 5.11 Å². The van der Waals surface area contributed by atoms with Crippen molar-refractivity contribution in [1.82, 2.24) is 0 Å². The Morgan fingerprint density at radius 3 is 2.73 bits per heavy atom. The Hall–Kier alpha value is -1.22. The second-order valence-corrected chi connectivity index (χ2v) is 8.17. The molecule has 6 atom stereocenters. The molecule has 0 heterocycles. The summed E-state index contributed by atoms with van der Waals surface area (Å²) in [6.07, 6.45) is 9.12. The maximum Gasteiger partial charge on any atom is 0.178 e. The van der Waals surface area contributed by atoms with Gasteiger partial charge in [0.25, 0.3) is 0 Å². The van der Waals surface area contributed by atoms with Crippen molar-refractivity contribution < 1.29 is 14.7 Å². The molecule has 0 amide bonds. The van der Waals surface area contributed by atoms with E-state index in [4.69, 9.17) is 0 Å². The van der Waals surface area contributed by atoms with Gasteiger partial charge in [-0.25, -0.2) is 0 Å². The van der Waals surface area contributed by atoms with Gasteiger partial charge in [0, 0.05) is 17.3 Å². The molecular weight excluding hydrogens is 276 g/mol. The Morgan fingerprint density at radius 2 is 1.95 bits per heavy atom. The molecule has 3 fully saturated rings. The van der Waals surface area contributed by atoms with E-state index in [2.05, 4.69) is 19.9 Å². The quantitative estimate of drug-likeness (QED) is 0.748. The van der Waals surface area contributed by atoms with Gasteiger partial charge in [0.15, 0.2) is 5.78 Å². The van der Waals surface area contributed by atoms with Crippen LogP contribution in [0, 0.1) is 28.6 Å². The molecule has 0 radical (unpaired) electrons. The van der Waals surface area contributed by atoms with Gasteiger partial charge in [0.05, 0.1) is 6.10 Å². The van der Waals surface area contributed by atoms with Crippen LogP contribution in [-0.2, 0) is 9.59 Å². The van der Waals surface area contributed by atoms with Crippen molar-refractivity contribution in [3.8, 4) is 0 Å². The molecule has 3 nitrogen and oxygen atoms in total. The van der Waals surface area contributed by atoms with Crippen LogP contribution in [0.1, 0.15) is 46.0 Å². The first kappa shape index (κ1) is 14.4. The Bertz CT molecular complexity index is 616. The van der Waals surface area contributed by atoms with Crippen molar-refractivity contribution in [2.75, 3.05) is 0 Å². The van der Waals surface area contributed by atoms with E-state index in [1.165, 1.54) is 0 Å². The van der Waals surface area contributed by atoms with Gasteiger partial charge in [-0.3, -0.25) is 9.59 Å². The normalized spacial score (nSPS) is 50.2. The van der Waals surface area contributed by atoms with E-state index in [0.29, 0.717) is 30.5 Å². The third-order valence-electron chi connectivity index (χ3n) is 7.29. The van der Waals surface area contributed by atoms with E-state index in [1.54, 1.807) is 12.2 Å². The summed E-state index contributed by atoms with van der Waals surface area (Å²) in [4.78, 5) is 24.1. The number of ketones is 2. The number of fused-ring (bicyclic) bond motifs is 5. The maximum absolute atomic E-state index is 12.4. The van der Waals surface area contributed by atoms with Gasteiger partial charge in [-0.15, -0.1) is 0 Å². The van der Waals surface area contributed by atoms with Crippen molar-refractivity contribution >= 4 is 11.6 Å². The molecular formula is C19H24O3. The molecule has 4 aliphatic rings. The first-order chi connectivity index (χ1) is 10.4. The van der Waals surface area contributed by atoms with Gasteiger partial charge in [0.2, 0.25) is 0 Å². The van der Waals surface area contributed by atoms with Crippen molar-refractivity contribution in [2.24, 2.45) is 28.6 Å². The van der Waals surface area contributed by atoms with E-state index >= 15 is 0 Å². The number of carbonyl (C=O) groups excluding carboxylic acids is 2. The number of allylic oxidation sites excluding steroid dienone is 3. The van der Waals surface area contributed by atoms with E-state index < -0.39 is 6.10 Å². The third kappa shape index (κ3) is 1.66. The monoisotopic (exact) mass is 300 g/mol. The summed E-state index contributed by atoms with van der Waals surface area (Å²) in [6.45, 7) is 4.33. The first-order valence-corrected chi connectivity index (χ1v) is 8.52. The second-order valence-electron chi connectivity index (χ2n) is 8.17. The minimum atomic E-state index is -0.417. The molecule has 0 aromatic heterocycles. The fourth-order valence-corrected chi connectivity index (χ4v) is 5.94. The number of hydrogen-bond acceptors (Lipinski definition) is 3. The molecule has 0 aromatic carbocycles. The summed E-state index contributed by atoms with van der Waals surface area (Å²) >= 11 is 0. The molecule has 0 aromatic rings. The lowest BCUT2D eigenvalue weighted by Gasteiger charge is -2.57. The standard InChI is InChI=1S/C19H24O3/c1-18-7-5-12(20)9-11(18)10-15(21)17-13-3-4-16(22)19(13,2)8-6-14(17)18/h5,7,9,13-15,17,21H,3-4,6,8,10H2,1-2H3/t13-,14-,15+,17-,18-,19-/m0/s1. The van der Waals surface area contributed by atoms with Crippen LogP contribution >= 0.6 is 0 Å². The topological polar surface area (TPSA) is 54.4 Å². The van der Waals surface area contributed by atoms with E-state index in [9.17, 15) is 14.7 Å². The van der Waals surface area contributed by atoms with Crippen LogP contribution in [0.5, 0.6) is 0 Å². The molecule has 4 rings (SSSR count). The van der Waals surface area contributed by atoms with E-state index in [1.807, 2.05) is 0 Å². The highest BCUT2D eigenvalue weighted by atomic mass is 16.3. The highest BCUT2D eigenvalue weighted by molar-refractivity contribution is 6.01. The molecule has 1 N–H and O–H groups in total. The fraction of sp³-hybridized carbons (Fsp3) is 0.684. The summed E-state index contributed by atoms with van der Waals surface area (Å²) in [7, 11) is 0. The highest BCUT2D eigenvalue weighted by Crippen LogP contribution is 2.63. The Labute approximate surface area is 131 Å². The van der Waals surface area contributed by atoms with Gasteiger partial charge in [-0.1, -0.05) is 25.5 Å². The zero-order chi connectivity index (χ0) is 15.7. The van der Waals surface area contributed by atoms with E-state index in [-0.39, 0.29) is 22.5 Å². The smallest absolute Gasteiger partial charge is 0.178 e. The summed E-state index contributed by atoms with van der Waals surface area (Å²) in [6, 6.07) is 0.